The van der Waals surface area contributed by atoms with Gasteiger partial charge in [-0.1, -0.05) is 12.8 Å². The van der Waals surface area contributed by atoms with Crippen LogP contribution in [0.25, 0.3) is 0 Å². The van der Waals surface area contributed by atoms with Gasteiger partial charge < -0.3 is 5.11 Å². The molecule has 1 atom stereocenters. The van der Waals surface area contributed by atoms with Crippen LogP contribution in [0.2, 0.25) is 0 Å². The summed E-state index contributed by atoms with van der Waals surface area (Å²) in [6, 6.07) is 0. The largest absolute Gasteiger partial charge is 0.393 e. The molecule has 1 aliphatic carbocycles. The molecule has 1 nitrogen and oxygen atoms in total. The summed E-state index contributed by atoms with van der Waals surface area (Å²) in [5, 5.41) is 9.44. The molecule has 1 aliphatic rings. The van der Waals surface area contributed by atoms with Crippen LogP contribution in [0.4, 0.5) is 0 Å². The van der Waals surface area contributed by atoms with Crippen molar-refractivity contribution in [2.75, 3.05) is 12.0 Å². The molecule has 1 fully saturated rings. The molecule has 0 amide bonds. The van der Waals surface area contributed by atoms with Crippen molar-refractivity contribution in [3.05, 3.63) is 0 Å². The third-order valence-corrected chi connectivity index (χ3v) is 2.90. The number of aliphatic hydroxyl groups is 1. The average molecular weight is 174 g/mol. The van der Waals surface area contributed by atoms with E-state index in [0.29, 0.717) is 0 Å². The second-order valence-electron chi connectivity index (χ2n) is 3.46. The highest BCUT2D eigenvalue weighted by atomic mass is 32.2. The summed E-state index contributed by atoms with van der Waals surface area (Å²) in [6.07, 6.45) is 8.16. The van der Waals surface area contributed by atoms with E-state index in [0.717, 1.165) is 24.5 Å². The number of rotatable bonds is 6. The quantitative estimate of drug-likeness (QED) is 0.666. The second kappa shape index (κ2) is 5.04. The van der Waals surface area contributed by atoms with Crippen LogP contribution in [0.5, 0.6) is 0 Å². The van der Waals surface area contributed by atoms with Gasteiger partial charge in [-0.2, -0.15) is 11.8 Å². The topological polar surface area (TPSA) is 20.2 Å². The lowest BCUT2D eigenvalue weighted by Gasteiger charge is -2.07. The van der Waals surface area contributed by atoms with E-state index >= 15 is 0 Å². The van der Waals surface area contributed by atoms with Gasteiger partial charge in [0.2, 0.25) is 0 Å². The lowest BCUT2D eigenvalue weighted by atomic mass is 10.1. The smallest absolute Gasteiger partial charge is 0.0548 e. The van der Waals surface area contributed by atoms with Crippen molar-refractivity contribution in [3.63, 3.8) is 0 Å². The van der Waals surface area contributed by atoms with Crippen molar-refractivity contribution in [2.24, 2.45) is 5.92 Å². The van der Waals surface area contributed by atoms with E-state index in [1.165, 1.54) is 19.3 Å². The zero-order valence-corrected chi connectivity index (χ0v) is 8.07. The third kappa shape index (κ3) is 4.70. The highest BCUT2D eigenvalue weighted by Gasteiger charge is 2.21. The number of hydrogen-bond donors (Lipinski definition) is 1. The summed E-state index contributed by atoms with van der Waals surface area (Å²) in [5.41, 5.74) is 0. The van der Waals surface area contributed by atoms with Gasteiger partial charge in [-0.25, -0.2) is 0 Å². The molecule has 1 saturated carbocycles. The SMILES string of the molecule is CSCCC(O)CCC1CC1. The van der Waals surface area contributed by atoms with Gasteiger partial charge in [0.15, 0.2) is 0 Å². The third-order valence-electron chi connectivity index (χ3n) is 2.26. The van der Waals surface area contributed by atoms with Crippen molar-refractivity contribution in [1.82, 2.24) is 0 Å². The van der Waals surface area contributed by atoms with E-state index in [-0.39, 0.29) is 6.10 Å². The predicted molar refractivity (Wildman–Crippen MR) is 51.0 cm³/mol. The Balaban J connectivity index is 1.87. The maximum absolute atomic E-state index is 9.44. The van der Waals surface area contributed by atoms with Gasteiger partial charge >= 0.3 is 0 Å². The van der Waals surface area contributed by atoms with Crippen LogP contribution in [-0.4, -0.2) is 23.2 Å². The highest BCUT2D eigenvalue weighted by Crippen LogP contribution is 2.34. The van der Waals surface area contributed by atoms with Crippen molar-refractivity contribution < 1.29 is 5.11 Å². The number of hydrogen-bond acceptors (Lipinski definition) is 2. The summed E-state index contributed by atoms with van der Waals surface area (Å²) in [4.78, 5) is 0. The van der Waals surface area contributed by atoms with E-state index in [4.69, 9.17) is 0 Å². The van der Waals surface area contributed by atoms with Crippen LogP contribution in [0, 0.1) is 5.92 Å². The van der Waals surface area contributed by atoms with E-state index in [1.807, 2.05) is 11.8 Å². The Bertz CT molecular complexity index is 102. The summed E-state index contributed by atoms with van der Waals surface area (Å²) in [5.74, 6) is 2.07. The maximum atomic E-state index is 9.44. The summed E-state index contributed by atoms with van der Waals surface area (Å²) < 4.78 is 0. The predicted octanol–water partition coefficient (Wildman–Crippen LogP) is 2.29. The molecule has 1 unspecified atom stereocenters. The summed E-state index contributed by atoms with van der Waals surface area (Å²) in [7, 11) is 0. The number of thioether (sulfide) groups is 1. The molecular formula is C9H18OS. The highest BCUT2D eigenvalue weighted by molar-refractivity contribution is 7.98. The monoisotopic (exact) mass is 174 g/mol. The van der Waals surface area contributed by atoms with E-state index in [9.17, 15) is 5.11 Å². The first-order valence-electron chi connectivity index (χ1n) is 4.50. The molecule has 0 aliphatic heterocycles. The molecular weight excluding hydrogens is 156 g/mol. The summed E-state index contributed by atoms with van der Waals surface area (Å²) in [6.45, 7) is 0. The van der Waals surface area contributed by atoms with Crippen molar-refractivity contribution in [3.8, 4) is 0 Å². The minimum Gasteiger partial charge on any atom is -0.393 e. The van der Waals surface area contributed by atoms with Crippen LogP contribution >= 0.6 is 11.8 Å². The average Bonchev–Trinajstić information content (AvgIpc) is 2.80. The van der Waals surface area contributed by atoms with E-state index < -0.39 is 0 Å². The molecule has 66 valence electrons. The molecule has 0 saturated heterocycles. The Morgan fingerprint density at radius 1 is 1.45 bits per heavy atom. The zero-order valence-electron chi connectivity index (χ0n) is 7.25. The first kappa shape index (κ1) is 9.40. The molecule has 11 heavy (non-hydrogen) atoms. The van der Waals surface area contributed by atoms with Gasteiger partial charge in [0, 0.05) is 0 Å². The maximum Gasteiger partial charge on any atom is 0.0548 e. The van der Waals surface area contributed by atoms with Crippen LogP contribution in [-0.2, 0) is 0 Å². The lowest BCUT2D eigenvalue weighted by Crippen LogP contribution is -2.07. The first-order chi connectivity index (χ1) is 5.33. The Kier molecular flexibility index (Phi) is 4.31. The molecule has 0 aromatic carbocycles. The minimum atomic E-state index is -0.0250. The fraction of sp³-hybridized carbons (Fsp3) is 1.00. The van der Waals surface area contributed by atoms with Crippen LogP contribution in [0.3, 0.4) is 0 Å². The first-order valence-corrected chi connectivity index (χ1v) is 5.89. The van der Waals surface area contributed by atoms with Crippen LogP contribution in [0.1, 0.15) is 32.1 Å². The molecule has 0 bridgehead atoms. The van der Waals surface area contributed by atoms with Gasteiger partial charge in [-0.3, -0.25) is 0 Å². The van der Waals surface area contributed by atoms with Gasteiger partial charge in [-0.15, -0.1) is 0 Å². The molecule has 2 heteroatoms. The second-order valence-corrected chi connectivity index (χ2v) is 4.44. The Hall–Kier alpha value is 0.310. The minimum absolute atomic E-state index is 0.0250. The van der Waals surface area contributed by atoms with Gasteiger partial charge in [0.05, 0.1) is 6.10 Å². The van der Waals surface area contributed by atoms with E-state index in [1.54, 1.807) is 0 Å². The molecule has 0 radical (unpaired) electrons. The molecule has 1 rings (SSSR count). The normalized spacial score (nSPS) is 20.2. The fourth-order valence-electron chi connectivity index (χ4n) is 1.23. The Labute approximate surface area is 73.6 Å². The molecule has 0 aromatic heterocycles. The Morgan fingerprint density at radius 2 is 2.18 bits per heavy atom. The van der Waals surface area contributed by atoms with Gasteiger partial charge in [-0.05, 0) is 37.2 Å². The van der Waals surface area contributed by atoms with Gasteiger partial charge in [0.25, 0.3) is 0 Å². The Morgan fingerprint density at radius 3 is 2.73 bits per heavy atom. The molecule has 0 spiro atoms. The van der Waals surface area contributed by atoms with Crippen molar-refractivity contribution in [2.45, 2.75) is 38.2 Å². The van der Waals surface area contributed by atoms with Crippen molar-refractivity contribution >= 4 is 11.8 Å². The van der Waals surface area contributed by atoms with Gasteiger partial charge in [0.1, 0.15) is 0 Å². The zero-order chi connectivity index (χ0) is 8.10. The van der Waals surface area contributed by atoms with Crippen LogP contribution < -0.4 is 0 Å². The van der Waals surface area contributed by atoms with Crippen molar-refractivity contribution in [1.29, 1.82) is 0 Å². The molecule has 0 heterocycles. The summed E-state index contributed by atoms with van der Waals surface area (Å²) >= 11 is 1.82. The fourth-order valence-corrected chi connectivity index (χ4v) is 1.74. The van der Waals surface area contributed by atoms with E-state index in [2.05, 4.69) is 6.26 Å². The molecule has 0 aromatic rings. The van der Waals surface area contributed by atoms with Crippen LogP contribution in [0.15, 0.2) is 0 Å². The lowest BCUT2D eigenvalue weighted by molar-refractivity contribution is 0.157. The number of aliphatic hydroxyl groups excluding tert-OH is 1. The molecule has 1 N–H and O–H groups in total. The standard InChI is InChI=1S/C9H18OS/c1-11-7-6-9(10)5-4-8-2-3-8/h8-10H,2-7H2,1H3.